The highest BCUT2D eigenvalue weighted by Crippen LogP contribution is 2.39. The van der Waals surface area contributed by atoms with Gasteiger partial charge in [0, 0.05) is 11.1 Å². The Balaban J connectivity index is 1.74. The van der Waals surface area contributed by atoms with Crippen LogP contribution in [0.15, 0.2) is 29.6 Å². The van der Waals surface area contributed by atoms with E-state index in [1.807, 2.05) is 0 Å². The second-order valence-electron chi connectivity index (χ2n) is 6.74. The topological polar surface area (TPSA) is 20.2 Å². The molecule has 1 N–H and O–H groups in total. The summed E-state index contributed by atoms with van der Waals surface area (Å²) in [6.45, 7) is 4.61. The summed E-state index contributed by atoms with van der Waals surface area (Å²) >= 11 is 1.80. The van der Waals surface area contributed by atoms with Gasteiger partial charge < -0.3 is 5.11 Å². The number of hydrogen-bond donors (Lipinski definition) is 1. The van der Waals surface area contributed by atoms with Crippen LogP contribution in [-0.4, -0.2) is 10.7 Å². The van der Waals surface area contributed by atoms with Crippen molar-refractivity contribution >= 4 is 21.4 Å². The summed E-state index contributed by atoms with van der Waals surface area (Å²) in [4.78, 5) is 0. The zero-order valence-electron chi connectivity index (χ0n) is 12.4. The molecule has 1 aromatic carbocycles. The summed E-state index contributed by atoms with van der Waals surface area (Å²) in [7, 11) is 0. The maximum Gasteiger partial charge on any atom is 0.0688 e. The maximum atomic E-state index is 10.9. The minimum absolute atomic E-state index is 0.477. The third-order valence-corrected chi connectivity index (χ3v) is 6.00. The van der Waals surface area contributed by atoms with Crippen LogP contribution in [0.3, 0.4) is 0 Å². The Labute approximate surface area is 125 Å². The van der Waals surface area contributed by atoms with Gasteiger partial charge in [0.05, 0.1) is 5.60 Å². The van der Waals surface area contributed by atoms with Crippen LogP contribution in [0.1, 0.15) is 45.1 Å². The van der Waals surface area contributed by atoms with Gasteiger partial charge in [0.25, 0.3) is 0 Å². The molecule has 2 aromatic rings. The van der Waals surface area contributed by atoms with E-state index < -0.39 is 5.60 Å². The lowest BCUT2D eigenvalue weighted by Crippen LogP contribution is -2.37. The van der Waals surface area contributed by atoms with E-state index in [2.05, 4.69) is 43.5 Å². The van der Waals surface area contributed by atoms with Crippen molar-refractivity contribution in [2.24, 2.45) is 11.8 Å². The largest absolute Gasteiger partial charge is 0.390 e. The van der Waals surface area contributed by atoms with Gasteiger partial charge in [-0.15, -0.1) is 11.3 Å². The second-order valence-corrected chi connectivity index (χ2v) is 7.65. The van der Waals surface area contributed by atoms with Crippen LogP contribution >= 0.6 is 11.3 Å². The van der Waals surface area contributed by atoms with Gasteiger partial charge in [0.15, 0.2) is 0 Å². The van der Waals surface area contributed by atoms with Crippen LogP contribution in [0.25, 0.3) is 10.1 Å². The Bertz CT molecular complexity index is 576. The monoisotopic (exact) mass is 288 g/mol. The first-order chi connectivity index (χ1) is 9.57. The Morgan fingerprint density at radius 1 is 1.25 bits per heavy atom. The second kappa shape index (κ2) is 5.50. The van der Waals surface area contributed by atoms with Crippen molar-refractivity contribution in [3.63, 3.8) is 0 Å². The lowest BCUT2D eigenvalue weighted by Gasteiger charge is -2.37. The highest BCUT2D eigenvalue weighted by molar-refractivity contribution is 7.17. The van der Waals surface area contributed by atoms with Crippen molar-refractivity contribution in [3.05, 3.63) is 35.2 Å². The molecule has 1 heterocycles. The highest BCUT2D eigenvalue weighted by atomic mass is 32.1. The molecule has 0 atom stereocenters. The summed E-state index contributed by atoms with van der Waals surface area (Å²) in [5, 5.41) is 14.5. The fourth-order valence-electron chi connectivity index (χ4n) is 3.55. The number of hydrogen-bond acceptors (Lipinski definition) is 2. The Hall–Kier alpha value is -0.860. The minimum atomic E-state index is -0.477. The molecule has 0 unspecified atom stereocenters. The molecule has 0 saturated heterocycles. The fraction of sp³-hybridized carbons (Fsp3) is 0.556. The predicted octanol–water partition coefficient (Wildman–Crippen LogP) is 5.02. The van der Waals surface area contributed by atoms with Crippen molar-refractivity contribution in [1.82, 2.24) is 0 Å². The smallest absolute Gasteiger partial charge is 0.0688 e. The van der Waals surface area contributed by atoms with Crippen molar-refractivity contribution in [1.29, 1.82) is 0 Å². The number of aliphatic hydroxyl groups is 1. The summed E-state index contributed by atoms with van der Waals surface area (Å²) in [6, 6.07) is 8.54. The standard InChI is InChI=1S/C18H24OS/c1-13(2)14-7-9-18(19,10-8-14)11-15-12-20-17-6-4-3-5-16(15)17/h3-6,12-14,19H,7-11H2,1-2H3. The normalized spacial score (nSPS) is 27.3. The van der Waals surface area contributed by atoms with E-state index in [0.717, 1.165) is 31.1 Å². The van der Waals surface area contributed by atoms with Crippen LogP contribution in [0.4, 0.5) is 0 Å². The van der Waals surface area contributed by atoms with Gasteiger partial charge in [-0.3, -0.25) is 0 Å². The van der Waals surface area contributed by atoms with Crippen LogP contribution < -0.4 is 0 Å². The number of thiophene rings is 1. The number of benzene rings is 1. The molecule has 20 heavy (non-hydrogen) atoms. The SMILES string of the molecule is CC(C)C1CCC(O)(Cc2csc3ccccc23)CC1. The number of fused-ring (bicyclic) bond motifs is 1. The van der Waals surface area contributed by atoms with E-state index in [9.17, 15) is 5.11 Å². The molecular weight excluding hydrogens is 264 g/mol. The quantitative estimate of drug-likeness (QED) is 0.840. The molecule has 0 bridgehead atoms. The first kappa shape index (κ1) is 14.1. The van der Waals surface area contributed by atoms with Gasteiger partial charge in [-0.25, -0.2) is 0 Å². The van der Waals surface area contributed by atoms with Crippen molar-refractivity contribution in [2.75, 3.05) is 0 Å². The molecule has 2 heteroatoms. The molecule has 0 radical (unpaired) electrons. The van der Waals surface area contributed by atoms with E-state index in [0.29, 0.717) is 0 Å². The third-order valence-electron chi connectivity index (χ3n) is 4.98. The molecule has 1 saturated carbocycles. The van der Waals surface area contributed by atoms with Gasteiger partial charge in [0.1, 0.15) is 0 Å². The van der Waals surface area contributed by atoms with Crippen LogP contribution in [0.2, 0.25) is 0 Å². The molecule has 3 rings (SSSR count). The highest BCUT2D eigenvalue weighted by Gasteiger charge is 2.34. The first-order valence-electron chi connectivity index (χ1n) is 7.75. The molecule has 1 nitrogen and oxygen atoms in total. The lowest BCUT2D eigenvalue weighted by molar-refractivity contribution is -0.0143. The Kier molecular flexibility index (Phi) is 3.87. The zero-order valence-corrected chi connectivity index (χ0v) is 13.2. The molecule has 0 spiro atoms. The summed E-state index contributed by atoms with van der Waals surface area (Å²) in [5.74, 6) is 1.55. The van der Waals surface area contributed by atoms with E-state index in [4.69, 9.17) is 0 Å². The van der Waals surface area contributed by atoms with E-state index in [1.165, 1.54) is 28.5 Å². The van der Waals surface area contributed by atoms with Gasteiger partial charge in [-0.2, -0.15) is 0 Å². The van der Waals surface area contributed by atoms with Crippen LogP contribution in [0, 0.1) is 11.8 Å². The lowest BCUT2D eigenvalue weighted by atomic mass is 9.72. The molecule has 1 aromatic heterocycles. The molecule has 0 amide bonds. The molecule has 108 valence electrons. The summed E-state index contributed by atoms with van der Waals surface area (Å²) in [6.07, 6.45) is 5.09. The van der Waals surface area contributed by atoms with Crippen molar-refractivity contribution < 1.29 is 5.11 Å². The number of rotatable bonds is 3. The van der Waals surface area contributed by atoms with E-state index in [1.54, 1.807) is 11.3 Å². The maximum absolute atomic E-state index is 10.9. The van der Waals surface area contributed by atoms with E-state index in [-0.39, 0.29) is 0 Å². The van der Waals surface area contributed by atoms with E-state index >= 15 is 0 Å². The van der Waals surface area contributed by atoms with Gasteiger partial charge >= 0.3 is 0 Å². The molecular formula is C18H24OS. The zero-order chi connectivity index (χ0) is 14.2. The molecule has 1 fully saturated rings. The van der Waals surface area contributed by atoms with Crippen LogP contribution in [0.5, 0.6) is 0 Å². The van der Waals surface area contributed by atoms with Crippen molar-refractivity contribution in [3.8, 4) is 0 Å². The van der Waals surface area contributed by atoms with Crippen molar-refractivity contribution in [2.45, 2.75) is 51.6 Å². The first-order valence-corrected chi connectivity index (χ1v) is 8.63. The molecule has 0 aliphatic heterocycles. The summed E-state index contributed by atoms with van der Waals surface area (Å²) < 4.78 is 1.34. The molecule has 1 aliphatic rings. The van der Waals surface area contributed by atoms with Gasteiger partial charge in [-0.1, -0.05) is 32.0 Å². The summed E-state index contributed by atoms with van der Waals surface area (Å²) in [5.41, 5.74) is 0.853. The average molecular weight is 288 g/mol. The third kappa shape index (κ3) is 2.77. The van der Waals surface area contributed by atoms with Crippen LogP contribution in [-0.2, 0) is 6.42 Å². The van der Waals surface area contributed by atoms with Gasteiger partial charge in [0.2, 0.25) is 0 Å². The average Bonchev–Trinajstić information content (AvgIpc) is 2.82. The Morgan fingerprint density at radius 2 is 1.95 bits per heavy atom. The Morgan fingerprint density at radius 3 is 2.65 bits per heavy atom. The predicted molar refractivity (Wildman–Crippen MR) is 87.3 cm³/mol. The van der Waals surface area contributed by atoms with Gasteiger partial charge in [-0.05, 0) is 59.9 Å². The molecule has 1 aliphatic carbocycles. The minimum Gasteiger partial charge on any atom is -0.390 e. The fourth-order valence-corrected chi connectivity index (χ4v) is 4.51.